The number of aliphatic hydroxyl groups is 1. The van der Waals surface area contributed by atoms with Crippen LogP contribution in [0.4, 0.5) is 0 Å². The summed E-state index contributed by atoms with van der Waals surface area (Å²) in [6.45, 7) is 1.33. The van der Waals surface area contributed by atoms with Gasteiger partial charge in [0.05, 0.1) is 6.61 Å². The Morgan fingerprint density at radius 2 is 1.89 bits per heavy atom. The van der Waals surface area contributed by atoms with Crippen LogP contribution in [0.5, 0.6) is 0 Å². The van der Waals surface area contributed by atoms with Gasteiger partial charge in [-0.15, -0.1) is 0 Å². The maximum Gasteiger partial charge on any atom is 0.347 e. The number of ether oxygens (including phenoxy) is 2. The van der Waals surface area contributed by atoms with Crippen molar-refractivity contribution in [1.82, 2.24) is 0 Å². The average molecular weight is 276 g/mol. The highest BCUT2D eigenvalue weighted by Gasteiger charge is 2.25. The summed E-state index contributed by atoms with van der Waals surface area (Å²) >= 11 is 0. The number of carboxylic acids is 1. The van der Waals surface area contributed by atoms with Gasteiger partial charge in [0.15, 0.2) is 6.10 Å². The first-order valence-electron chi connectivity index (χ1n) is 6.20. The number of rotatable bonds is 10. The summed E-state index contributed by atoms with van der Waals surface area (Å²) in [5.41, 5.74) is 0. The first-order chi connectivity index (χ1) is 9.01. The van der Waals surface area contributed by atoms with Gasteiger partial charge in [0.1, 0.15) is 6.61 Å². The second-order valence-corrected chi connectivity index (χ2v) is 3.94. The lowest BCUT2D eigenvalue weighted by atomic mass is 10.2. The normalized spacial score (nSPS) is 11.7. The highest BCUT2D eigenvalue weighted by atomic mass is 16.6. The van der Waals surface area contributed by atoms with E-state index in [4.69, 9.17) is 14.9 Å². The lowest BCUT2D eigenvalue weighted by Crippen LogP contribution is -2.31. The van der Waals surface area contributed by atoms with Crippen molar-refractivity contribution in [3.8, 4) is 0 Å². The molecule has 0 saturated heterocycles. The maximum absolute atomic E-state index is 11.6. The molecule has 0 rings (SSSR count). The molecule has 0 aliphatic rings. The van der Waals surface area contributed by atoms with Crippen LogP contribution in [0.2, 0.25) is 0 Å². The number of unbranched alkanes of at least 4 members (excludes halogenated alkanes) is 2. The fourth-order valence-corrected chi connectivity index (χ4v) is 1.29. The van der Waals surface area contributed by atoms with Crippen LogP contribution in [-0.4, -0.2) is 47.4 Å². The third-order valence-corrected chi connectivity index (χ3v) is 2.28. The van der Waals surface area contributed by atoms with Crippen LogP contribution >= 0.6 is 0 Å². The molecule has 19 heavy (non-hydrogen) atoms. The first-order valence-corrected chi connectivity index (χ1v) is 6.20. The predicted molar refractivity (Wildman–Crippen MR) is 64.3 cm³/mol. The predicted octanol–water partition coefficient (Wildman–Crippen LogP) is 0.489. The lowest BCUT2D eigenvalue weighted by molar-refractivity contribution is -0.170. The minimum Gasteiger partial charge on any atom is -0.481 e. The molecule has 110 valence electrons. The van der Waals surface area contributed by atoms with Crippen molar-refractivity contribution in [2.45, 2.75) is 45.1 Å². The van der Waals surface area contributed by atoms with Gasteiger partial charge in [-0.1, -0.05) is 19.8 Å². The van der Waals surface area contributed by atoms with Gasteiger partial charge in [0.2, 0.25) is 0 Å². The largest absolute Gasteiger partial charge is 0.481 e. The van der Waals surface area contributed by atoms with Gasteiger partial charge in [-0.2, -0.15) is 0 Å². The van der Waals surface area contributed by atoms with Crippen LogP contribution in [0.15, 0.2) is 0 Å². The number of aliphatic carboxylic acids is 1. The van der Waals surface area contributed by atoms with Crippen molar-refractivity contribution in [2.75, 3.05) is 13.2 Å². The van der Waals surface area contributed by atoms with E-state index in [9.17, 15) is 14.4 Å². The zero-order chi connectivity index (χ0) is 14.7. The summed E-state index contributed by atoms with van der Waals surface area (Å²) in [6, 6.07) is 0. The minimum absolute atomic E-state index is 0.173. The molecular weight excluding hydrogens is 256 g/mol. The standard InChI is InChI=1S/C12H20O7/c1-2-3-4-7-18-12(17)9(5-6-10(14)15)19-11(16)8-13/h9,13H,2-8H2,1H3,(H,14,15). The number of hydrogen-bond acceptors (Lipinski definition) is 6. The molecule has 2 N–H and O–H groups in total. The Bertz CT molecular complexity index is 300. The monoisotopic (exact) mass is 276 g/mol. The van der Waals surface area contributed by atoms with Gasteiger partial charge in [-0.3, -0.25) is 4.79 Å². The van der Waals surface area contributed by atoms with Gasteiger partial charge in [-0.05, 0) is 6.42 Å². The zero-order valence-electron chi connectivity index (χ0n) is 11.0. The van der Waals surface area contributed by atoms with E-state index in [-0.39, 0.29) is 19.4 Å². The van der Waals surface area contributed by atoms with Crippen LogP contribution in [-0.2, 0) is 23.9 Å². The molecule has 1 atom stereocenters. The quantitative estimate of drug-likeness (QED) is 0.441. The SMILES string of the molecule is CCCCCOC(=O)C(CCC(=O)O)OC(=O)CO. The Morgan fingerprint density at radius 1 is 1.21 bits per heavy atom. The van der Waals surface area contributed by atoms with E-state index in [1.807, 2.05) is 6.92 Å². The molecular formula is C12H20O7. The topological polar surface area (TPSA) is 110 Å². The molecule has 0 aromatic carbocycles. The van der Waals surface area contributed by atoms with Crippen LogP contribution < -0.4 is 0 Å². The van der Waals surface area contributed by atoms with E-state index >= 15 is 0 Å². The Balaban J connectivity index is 4.24. The summed E-state index contributed by atoms with van der Waals surface area (Å²) in [7, 11) is 0. The van der Waals surface area contributed by atoms with E-state index in [2.05, 4.69) is 4.74 Å². The molecule has 0 saturated carbocycles. The first kappa shape index (κ1) is 17.4. The molecule has 0 fully saturated rings. The minimum atomic E-state index is -1.28. The Hall–Kier alpha value is -1.63. The number of carbonyl (C=O) groups is 3. The van der Waals surface area contributed by atoms with Crippen LogP contribution in [0, 0.1) is 0 Å². The van der Waals surface area contributed by atoms with Crippen molar-refractivity contribution >= 4 is 17.9 Å². The van der Waals surface area contributed by atoms with E-state index in [1.165, 1.54) is 0 Å². The molecule has 7 heteroatoms. The van der Waals surface area contributed by atoms with Crippen molar-refractivity contribution in [2.24, 2.45) is 0 Å². The fraction of sp³-hybridized carbons (Fsp3) is 0.750. The molecule has 0 spiro atoms. The fourth-order valence-electron chi connectivity index (χ4n) is 1.29. The summed E-state index contributed by atoms with van der Waals surface area (Å²) in [4.78, 5) is 33.0. The van der Waals surface area contributed by atoms with E-state index in [0.29, 0.717) is 6.42 Å². The highest BCUT2D eigenvalue weighted by Crippen LogP contribution is 2.07. The van der Waals surface area contributed by atoms with E-state index < -0.39 is 30.6 Å². The second-order valence-electron chi connectivity index (χ2n) is 3.94. The Labute approximate surface area is 111 Å². The molecule has 0 aromatic heterocycles. The molecule has 0 radical (unpaired) electrons. The molecule has 0 aromatic rings. The van der Waals surface area contributed by atoms with Gasteiger partial charge < -0.3 is 19.7 Å². The summed E-state index contributed by atoms with van der Waals surface area (Å²) in [6.07, 6.45) is 0.795. The zero-order valence-corrected chi connectivity index (χ0v) is 11.0. The third-order valence-electron chi connectivity index (χ3n) is 2.28. The Morgan fingerprint density at radius 3 is 2.42 bits per heavy atom. The molecule has 0 aliphatic heterocycles. The van der Waals surface area contributed by atoms with Gasteiger partial charge in [0, 0.05) is 12.8 Å². The number of carboxylic acid groups (broad SMARTS) is 1. The lowest BCUT2D eigenvalue weighted by Gasteiger charge is -2.15. The maximum atomic E-state index is 11.6. The number of aliphatic hydroxyl groups excluding tert-OH is 1. The summed E-state index contributed by atoms with van der Waals surface area (Å²) in [5.74, 6) is -2.87. The molecule has 7 nitrogen and oxygen atoms in total. The van der Waals surface area contributed by atoms with Crippen molar-refractivity contribution < 1.29 is 34.1 Å². The van der Waals surface area contributed by atoms with E-state index in [0.717, 1.165) is 12.8 Å². The van der Waals surface area contributed by atoms with Crippen molar-refractivity contribution in [1.29, 1.82) is 0 Å². The van der Waals surface area contributed by atoms with Gasteiger partial charge in [0.25, 0.3) is 0 Å². The van der Waals surface area contributed by atoms with Crippen LogP contribution in [0.3, 0.4) is 0 Å². The van der Waals surface area contributed by atoms with Crippen LogP contribution in [0.1, 0.15) is 39.0 Å². The number of hydrogen-bond donors (Lipinski definition) is 2. The molecule has 0 aliphatic carbocycles. The molecule has 0 bridgehead atoms. The smallest absolute Gasteiger partial charge is 0.347 e. The summed E-state index contributed by atoms with van der Waals surface area (Å²) < 4.78 is 9.54. The summed E-state index contributed by atoms with van der Waals surface area (Å²) in [5, 5.41) is 17.1. The second kappa shape index (κ2) is 10.3. The van der Waals surface area contributed by atoms with Gasteiger partial charge >= 0.3 is 17.9 Å². The Kier molecular flexibility index (Phi) is 9.42. The average Bonchev–Trinajstić information content (AvgIpc) is 2.38. The number of esters is 2. The number of carbonyl (C=O) groups excluding carboxylic acids is 2. The highest BCUT2D eigenvalue weighted by molar-refractivity contribution is 5.80. The van der Waals surface area contributed by atoms with Crippen LogP contribution in [0.25, 0.3) is 0 Å². The third kappa shape index (κ3) is 9.01. The van der Waals surface area contributed by atoms with E-state index in [1.54, 1.807) is 0 Å². The van der Waals surface area contributed by atoms with Crippen molar-refractivity contribution in [3.05, 3.63) is 0 Å². The molecule has 0 heterocycles. The van der Waals surface area contributed by atoms with Gasteiger partial charge in [-0.25, -0.2) is 9.59 Å². The molecule has 1 unspecified atom stereocenters. The van der Waals surface area contributed by atoms with Crippen molar-refractivity contribution in [3.63, 3.8) is 0 Å². The molecule has 0 amide bonds.